The first kappa shape index (κ1) is 21.1. The number of hydrogen-bond acceptors (Lipinski definition) is 8. The van der Waals surface area contributed by atoms with Crippen LogP contribution in [-0.4, -0.2) is 28.2 Å². The highest BCUT2D eigenvalue weighted by molar-refractivity contribution is 8.00. The molecule has 0 spiro atoms. The summed E-state index contributed by atoms with van der Waals surface area (Å²) in [4.78, 5) is 16.5. The monoisotopic (exact) mass is 452 g/mol. The maximum Gasteiger partial charge on any atom is 0.226 e. The van der Waals surface area contributed by atoms with Crippen LogP contribution in [0, 0.1) is 0 Å². The quantitative estimate of drug-likeness (QED) is 0.280. The molecule has 0 fully saturated rings. The maximum atomic E-state index is 12.3. The molecule has 0 saturated heterocycles. The number of nitrogens with zero attached hydrogens (tertiary/aromatic N) is 3. The van der Waals surface area contributed by atoms with Gasteiger partial charge in [-0.15, -0.1) is 10.2 Å². The van der Waals surface area contributed by atoms with Crippen LogP contribution in [0.1, 0.15) is 17.9 Å². The molecular formula is C22H20N4O3S2. The number of nitrogens with one attached hydrogen (secondary N) is 1. The molecule has 0 aliphatic heterocycles. The van der Waals surface area contributed by atoms with E-state index in [4.69, 9.17) is 9.15 Å². The van der Waals surface area contributed by atoms with Crippen molar-refractivity contribution in [2.45, 2.75) is 22.9 Å². The smallest absolute Gasteiger partial charge is 0.226 e. The van der Waals surface area contributed by atoms with Gasteiger partial charge in [0.25, 0.3) is 0 Å². The van der Waals surface area contributed by atoms with Crippen molar-refractivity contribution in [2.75, 3.05) is 12.4 Å². The number of carbonyl (C=O) groups is 1. The predicted molar refractivity (Wildman–Crippen MR) is 121 cm³/mol. The molecule has 0 atom stereocenters. The summed E-state index contributed by atoms with van der Waals surface area (Å²) in [5.41, 5.74) is 2.12. The van der Waals surface area contributed by atoms with E-state index < -0.39 is 0 Å². The molecule has 4 rings (SSSR count). The molecule has 1 N–H and O–H groups in total. The Kier molecular flexibility index (Phi) is 6.96. The molecule has 7 nitrogen and oxygen atoms in total. The van der Waals surface area contributed by atoms with Crippen LogP contribution in [0.25, 0.3) is 11.3 Å². The van der Waals surface area contributed by atoms with Gasteiger partial charge in [0.2, 0.25) is 11.0 Å². The Morgan fingerprint density at radius 3 is 2.71 bits per heavy atom. The van der Waals surface area contributed by atoms with Gasteiger partial charge in [0.15, 0.2) is 16.0 Å². The van der Waals surface area contributed by atoms with Gasteiger partial charge >= 0.3 is 0 Å². The summed E-state index contributed by atoms with van der Waals surface area (Å²) in [5.74, 6) is 2.60. The van der Waals surface area contributed by atoms with Crippen molar-refractivity contribution in [2.24, 2.45) is 0 Å². The van der Waals surface area contributed by atoms with Gasteiger partial charge in [-0.1, -0.05) is 53.4 Å². The highest BCUT2D eigenvalue weighted by Gasteiger charge is 2.12. The second-order valence-corrected chi connectivity index (χ2v) is 8.74. The summed E-state index contributed by atoms with van der Waals surface area (Å²) in [6, 6.07) is 17.7. The van der Waals surface area contributed by atoms with Crippen molar-refractivity contribution in [3.63, 3.8) is 0 Å². The number of anilines is 1. The van der Waals surface area contributed by atoms with Crippen molar-refractivity contribution in [3.05, 3.63) is 72.2 Å². The molecule has 2 aromatic carbocycles. The Bertz CT molecular complexity index is 1130. The molecule has 0 bridgehead atoms. The fourth-order valence-electron chi connectivity index (χ4n) is 2.75. The van der Waals surface area contributed by atoms with E-state index >= 15 is 0 Å². The van der Waals surface area contributed by atoms with Gasteiger partial charge < -0.3 is 14.5 Å². The minimum atomic E-state index is -0.153. The second kappa shape index (κ2) is 10.2. The topological polar surface area (TPSA) is 90.1 Å². The number of thioether (sulfide) groups is 1. The highest BCUT2D eigenvalue weighted by atomic mass is 32.2. The number of carbonyl (C=O) groups excluding carboxylic acids is 1. The van der Waals surface area contributed by atoms with Gasteiger partial charge in [0.05, 0.1) is 13.3 Å². The lowest BCUT2D eigenvalue weighted by Gasteiger charge is -2.00. The van der Waals surface area contributed by atoms with Gasteiger partial charge in [0, 0.05) is 24.2 Å². The van der Waals surface area contributed by atoms with E-state index in [1.807, 2.05) is 42.5 Å². The molecule has 31 heavy (non-hydrogen) atoms. The van der Waals surface area contributed by atoms with Gasteiger partial charge in [-0.2, -0.15) is 0 Å². The fourth-order valence-corrected chi connectivity index (χ4v) is 4.48. The highest BCUT2D eigenvalue weighted by Crippen LogP contribution is 2.28. The number of aromatic nitrogens is 3. The molecule has 158 valence electrons. The lowest BCUT2D eigenvalue weighted by molar-refractivity contribution is -0.116. The van der Waals surface area contributed by atoms with Crippen molar-refractivity contribution in [3.8, 4) is 17.1 Å². The normalized spacial score (nSPS) is 10.7. The van der Waals surface area contributed by atoms with Crippen LogP contribution in [0.4, 0.5) is 5.13 Å². The summed E-state index contributed by atoms with van der Waals surface area (Å²) in [6.07, 6.45) is 2.31. The first-order valence-corrected chi connectivity index (χ1v) is 11.4. The second-order valence-electron chi connectivity index (χ2n) is 6.54. The first-order chi connectivity index (χ1) is 15.2. The van der Waals surface area contributed by atoms with Crippen LogP contribution in [0.5, 0.6) is 5.75 Å². The molecule has 0 radical (unpaired) electrons. The lowest BCUT2D eigenvalue weighted by atomic mass is 10.2. The molecule has 2 heterocycles. The minimum absolute atomic E-state index is 0.153. The summed E-state index contributed by atoms with van der Waals surface area (Å²) in [5, 5.41) is 11.5. The molecule has 0 aliphatic rings. The Morgan fingerprint density at radius 2 is 1.94 bits per heavy atom. The number of amides is 1. The van der Waals surface area contributed by atoms with E-state index in [0.29, 0.717) is 23.2 Å². The average molecular weight is 453 g/mol. The Morgan fingerprint density at radius 1 is 1.13 bits per heavy atom. The zero-order valence-corrected chi connectivity index (χ0v) is 18.4. The number of ether oxygens (including phenoxy) is 1. The van der Waals surface area contributed by atoms with Crippen molar-refractivity contribution in [1.82, 2.24) is 15.2 Å². The number of benzene rings is 2. The summed E-state index contributed by atoms with van der Waals surface area (Å²) >= 11 is 2.96. The molecule has 0 saturated carbocycles. The number of aryl methyl sites for hydroxylation is 1. The largest absolute Gasteiger partial charge is 0.497 e. The number of oxazole rings is 1. The third kappa shape index (κ3) is 5.93. The third-order valence-electron chi connectivity index (χ3n) is 4.35. The van der Waals surface area contributed by atoms with Gasteiger partial charge in [-0.25, -0.2) is 4.98 Å². The Labute approximate surface area is 187 Å². The molecule has 2 aromatic heterocycles. The standard InChI is InChI=1S/C22H20N4O3S2/c1-28-17-9-7-16(8-10-17)18-13-23-20(29-18)12-11-19(27)24-21-25-26-22(31-21)30-14-15-5-3-2-4-6-15/h2-10,13H,11-12,14H2,1H3,(H,24,25,27). The number of rotatable bonds is 9. The van der Waals surface area contributed by atoms with E-state index in [1.165, 1.54) is 16.9 Å². The van der Waals surface area contributed by atoms with Crippen LogP contribution in [0.15, 0.2) is 69.6 Å². The maximum absolute atomic E-state index is 12.3. The van der Waals surface area contributed by atoms with E-state index in [2.05, 4.69) is 32.6 Å². The predicted octanol–water partition coefficient (Wildman–Crippen LogP) is 5.07. The van der Waals surface area contributed by atoms with Crippen LogP contribution >= 0.6 is 23.1 Å². The fraction of sp³-hybridized carbons (Fsp3) is 0.182. The van der Waals surface area contributed by atoms with Crippen LogP contribution in [0.2, 0.25) is 0 Å². The zero-order valence-electron chi connectivity index (χ0n) is 16.8. The summed E-state index contributed by atoms with van der Waals surface area (Å²) < 4.78 is 11.7. The summed E-state index contributed by atoms with van der Waals surface area (Å²) in [7, 11) is 1.62. The third-order valence-corrected chi connectivity index (χ3v) is 6.40. The summed E-state index contributed by atoms with van der Waals surface area (Å²) in [6.45, 7) is 0. The molecule has 4 aromatic rings. The van der Waals surface area contributed by atoms with Gasteiger partial charge in [-0.3, -0.25) is 4.79 Å². The Hall–Kier alpha value is -3.17. The van der Waals surface area contributed by atoms with Crippen molar-refractivity contribution < 1.29 is 13.9 Å². The molecule has 1 amide bonds. The molecule has 0 unspecified atom stereocenters. The zero-order chi connectivity index (χ0) is 21.5. The molecule has 0 aliphatic carbocycles. The Balaban J connectivity index is 1.25. The lowest BCUT2D eigenvalue weighted by Crippen LogP contribution is -2.12. The van der Waals surface area contributed by atoms with Crippen molar-refractivity contribution >= 4 is 34.1 Å². The molecule has 9 heteroatoms. The number of methoxy groups -OCH3 is 1. The van der Waals surface area contributed by atoms with E-state index in [0.717, 1.165) is 21.4 Å². The first-order valence-electron chi connectivity index (χ1n) is 9.59. The van der Waals surface area contributed by atoms with E-state index in [9.17, 15) is 4.79 Å². The van der Waals surface area contributed by atoms with Crippen LogP contribution in [-0.2, 0) is 17.0 Å². The van der Waals surface area contributed by atoms with E-state index in [1.54, 1.807) is 25.1 Å². The van der Waals surface area contributed by atoms with E-state index in [-0.39, 0.29) is 12.3 Å². The average Bonchev–Trinajstić information content (AvgIpc) is 3.47. The van der Waals surface area contributed by atoms with Gasteiger partial charge in [-0.05, 0) is 29.8 Å². The van der Waals surface area contributed by atoms with Crippen LogP contribution in [0.3, 0.4) is 0 Å². The van der Waals surface area contributed by atoms with Crippen molar-refractivity contribution in [1.29, 1.82) is 0 Å². The minimum Gasteiger partial charge on any atom is -0.497 e. The number of hydrogen-bond donors (Lipinski definition) is 1. The van der Waals surface area contributed by atoms with Crippen LogP contribution < -0.4 is 10.1 Å². The molecular weight excluding hydrogens is 432 g/mol. The van der Waals surface area contributed by atoms with Gasteiger partial charge in [0.1, 0.15) is 5.75 Å². The SMILES string of the molecule is COc1ccc(-c2cnc(CCC(=O)Nc3nnc(SCc4ccccc4)s3)o2)cc1.